The van der Waals surface area contributed by atoms with E-state index in [0.717, 1.165) is 18.4 Å². The maximum absolute atomic E-state index is 12.1. The van der Waals surface area contributed by atoms with Crippen molar-refractivity contribution in [3.63, 3.8) is 0 Å². The highest BCUT2D eigenvalue weighted by atomic mass is 19.1. The van der Waals surface area contributed by atoms with Crippen molar-refractivity contribution in [2.24, 2.45) is 5.92 Å². The van der Waals surface area contributed by atoms with E-state index in [9.17, 15) is 4.39 Å². The molecule has 0 radical (unpaired) electrons. The van der Waals surface area contributed by atoms with Crippen molar-refractivity contribution < 1.29 is 4.39 Å². The van der Waals surface area contributed by atoms with E-state index in [-0.39, 0.29) is 0 Å². The third kappa shape index (κ3) is 0.908. The first-order valence-electron chi connectivity index (χ1n) is 2.99. The Morgan fingerprint density at radius 1 is 1.62 bits per heavy atom. The van der Waals surface area contributed by atoms with Crippen LogP contribution >= 0.6 is 0 Å². The van der Waals surface area contributed by atoms with Crippen LogP contribution in [0.2, 0.25) is 0 Å². The Morgan fingerprint density at radius 2 is 2.12 bits per heavy atom. The molecule has 0 spiro atoms. The summed E-state index contributed by atoms with van der Waals surface area (Å²) in [5.74, 6) is 0.491. The average molecular weight is 114 g/mol. The van der Waals surface area contributed by atoms with Crippen LogP contribution in [-0.4, -0.2) is 6.17 Å². The van der Waals surface area contributed by atoms with Gasteiger partial charge in [-0.05, 0) is 25.7 Å². The Balaban J connectivity index is 2.25. The van der Waals surface area contributed by atoms with E-state index in [4.69, 9.17) is 0 Å². The van der Waals surface area contributed by atoms with E-state index in [1.807, 2.05) is 6.92 Å². The van der Waals surface area contributed by atoms with Crippen LogP contribution in [0.25, 0.3) is 0 Å². The Hall–Kier alpha value is -0.330. The van der Waals surface area contributed by atoms with E-state index in [1.165, 1.54) is 0 Å². The van der Waals surface area contributed by atoms with E-state index in [1.54, 1.807) is 0 Å². The smallest absolute Gasteiger partial charge is 0.101 e. The normalized spacial score (nSPS) is 36.2. The third-order valence-electron chi connectivity index (χ3n) is 1.78. The van der Waals surface area contributed by atoms with Crippen LogP contribution in [0.1, 0.15) is 19.8 Å². The number of rotatable bonds is 1. The summed E-state index contributed by atoms with van der Waals surface area (Å²) in [6.45, 7) is 5.71. The molecule has 0 atom stereocenters. The minimum absolute atomic E-state index is 0.491. The molecule has 0 aromatic carbocycles. The molecular weight excluding hydrogens is 103 g/mol. The zero-order valence-electron chi connectivity index (χ0n) is 5.15. The fourth-order valence-corrected chi connectivity index (χ4v) is 0.951. The molecule has 1 heteroatoms. The van der Waals surface area contributed by atoms with Crippen molar-refractivity contribution in [2.75, 3.05) is 0 Å². The van der Waals surface area contributed by atoms with Crippen LogP contribution < -0.4 is 0 Å². The van der Waals surface area contributed by atoms with Crippen molar-refractivity contribution >= 4 is 0 Å². The summed E-state index contributed by atoms with van der Waals surface area (Å²) in [6.07, 6.45) is 0.904. The summed E-state index contributed by atoms with van der Waals surface area (Å²) in [5.41, 5.74) is 1.14. The molecule has 0 bridgehead atoms. The first-order valence-corrected chi connectivity index (χ1v) is 2.99. The summed E-state index contributed by atoms with van der Waals surface area (Å²) < 4.78 is 12.1. The van der Waals surface area contributed by atoms with Crippen LogP contribution in [0, 0.1) is 5.92 Å². The van der Waals surface area contributed by atoms with Gasteiger partial charge in [-0.25, -0.2) is 4.39 Å². The van der Waals surface area contributed by atoms with Crippen LogP contribution in [-0.2, 0) is 0 Å². The topological polar surface area (TPSA) is 0 Å². The maximum Gasteiger partial charge on any atom is 0.101 e. The van der Waals surface area contributed by atoms with E-state index in [2.05, 4.69) is 6.58 Å². The van der Waals surface area contributed by atoms with Gasteiger partial charge in [0.2, 0.25) is 0 Å². The molecule has 0 aliphatic heterocycles. The van der Waals surface area contributed by atoms with Gasteiger partial charge in [0.1, 0.15) is 6.17 Å². The highest BCUT2D eigenvalue weighted by molar-refractivity contribution is 5.02. The Labute approximate surface area is 49.4 Å². The molecule has 1 aliphatic rings. The monoisotopic (exact) mass is 114 g/mol. The lowest BCUT2D eigenvalue weighted by molar-refractivity contribution is 0.155. The molecule has 8 heavy (non-hydrogen) atoms. The second-order valence-corrected chi connectivity index (χ2v) is 2.61. The van der Waals surface area contributed by atoms with E-state index < -0.39 is 6.17 Å². The van der Waals surface area contributed by atoms with Gasteiger partial charge < -0.3 is 0 Å². The summed E-state index contributed by atoms with van der Waals surface area (Å²) in [4.78, 5) is 0. The van der Waals surface area contributed by atoms with Crippen LogP contribution in [0.3, 0.4) is 0 Å². The van der Waals surface area contributed by atoms with Crippen molar-refractivity contribution in [2.45, 2.75) is 25.9 Å². The van der Waals surface area contributed by atoms with Crippen LogP contribution in [0.15, 0.2) is 12.2 Å². The number of hydrogen-bond acceptors (Lipinski definition) is 0. The maximum atomic E-state index is 12.1. The second-order valence-electron chi connectivity index (χ2n) is 2.61. The van der Waals surface area contributed by atoms with Gasteiger partial charge in [0.15, 0.2) is 0 Å². The molecule has 0 aromatic rings. The van der Waals surface area contributed by atoms with Gasteiger partial charge in [0.25, 0.3) is 0 Å². The number of alkyl halides is 1. The first kappa shape index (κ1) is 5.80. The predicted molar refractivity (Wildman–Crippen MR) is 32.4 cm³/mol. The lowest BCUT2D eigenvalue weighted by Crippen LogP contribution is -2.24. The Morgan fingerprint density at radius 3 is 2.25 bits per heavy atom. The molecule has 1 fully saturated rings. The number of halogens is 1. The van der Waals surface area contributed by atoms with Gasteiger partial charge in [0.05, 0.1) is 0 Å². The van der Waals surface area contributed by atoms with Gasteiger partial charge in [0, 0.05) is 0 Å². The molecule has 0 amide bonds. The molecule has 0 heterocycles. The summed E-state index contributed by atoms with van der Waals surface area (Å²) in [5, 5.41) is 0. The van der Waals surface area contributed by atoms with Crippen molar-refractivity contribution in [1.82, 2.24) is 0 Å². The minimum atomic E-state index is -0.531. The molecule has 1 saturated carbocycles. The zero-order valence-corrected chi connectivity index (χ0v) is 5.15. The van der Waals surface area contributed by atoms with E-state index >= 15 is 0 Å². The largest absolute Gasteiger partial charge is 0.247 e. The molecular formula is C7H11F. The third-order valence-corrected chi connectivity index (χ3v) is 1.78. The molecule has 1 aliphatic carbocycles. The number of allylic oxidation sites excluding steroid dienone is 1. The standard InChI is InChI=1S/C7H11F/c1-5(2)6-3-7(8)4-6/h6-7H,1,3-4H2,2H3. The molecule has 0 nitrogen and oxygen atoms in total. The fraction of sp³-hybridized carbons (Fsp3) is 0.714. The zero-order chi connectivity index (χ0) is 6.15. The minimum Gasteiger partial charge on any atom is -0.247 e. The Kier molecular flexibility index (Phi) is 1.37. The molecule has 0 aromatic heterocycles. The SMILES string of the molecule is C=C(C)C1CC(F)C1. The number of hydrogen-bond donors (Lipinski definition) is 0. The van der Waals surface area contributed by atoms with Crippen LogP contribution in [0.5, 0.6) is 0 Å². The average Bonchev–Trinajstić information content (AvgIpc) is 1.57. The van der Waals surface area contributed by atoms with Crippen LogP contribution in [0.4, 0.5) is 4.39 Å². The first-order chi connectivity index (χ1) is 3.70. The molecule has 0 saturated heterocycles. The lowest BCUT2D eigenvalue weighted by Gasteiger charge is -2.29. The quantitative estimate of drug-likeness (QED) is 0.459. The molecule has 1 rings (SSSR count). The summed E-state index contributed by atoms with van der Waals surface area (Å²) in [6, 6.07) is 0. The fourth-order valence-electron chi connectivity index (χ4n) is 0.951. The van der Waals surface area contributed by atoms with Crippen molar-refractivity contribution in [3.8, 4) is 0 Å². The summed E-state index contributed by atoms with van der Waals surface area (Å²) in [7, 11) is 0. The van der Waals surface area contributed by atoms with Gasteiger partial charge in [-0.2, -0.15) is 0 Å². The van der Waals surface area contributed by atoms with Gasteiger partial charge in [-0.3, -0.25) is 0 Å². The van der Waals surface area contributed by atoms with Gasteiger partial charge >= 0.3 is 0 Å². The van der Waals surface area contributed by atoms with Gasteiger partial charge in [-0.15, -0.1) is 0 Å². The van der Waals surface area contributed by atoms with Gasteiger partial charge in [-0.1, -0.05) is 12.2 Å². The Bertz CT molecular complexity index is 101. The summed E-state index contributed by atoms with van der Waals surface area (Å²) >= 11 is 0. The molecule has 0 N–H and O–H groups in total. The van der Waals surface area contributed by atoms with E-state index in [0.29, 0.717) is 5.92 Å². The lowest BCUT2D eigenvalue weighted by atomic mass is 9.79. The predicted octanol–water partition coefficient (Wildman–Crippen LogP) is 2.31. The second kappa shape index (κ2) is 1.88. The highest BCUT2D eigenvalue weighted by Gasteiger charge is 2.28. The van der Waals surface area contributed by atoms with Crippen molar-refractivity contribution in [3.05, 3.63) is 12.2 Å². The molecule has 0 unspecified atom stereocenters. The van der Waals surface area contributed by atoms with Crippen molar-refractivity contribution in [1.29, 1.82) is 0 Å². The molecule has 46 valence electrons. The highest BCUT2D eigenvalue weighted by Crippen LogP contribution is 2.34.